The van der Waals surface area contributed by atoms with Crippen molar-refractivity contribution in [2.45, 2.75) is 354 Å². The third kappa shape index (κ3) is 28.8. The highest BCUT2D eigenvalue weighted by atomic mass is 16.4. The van der Waals surface area contributed by atoms with Crippen LogP contribution in [0.15, 0.2) is 0 Å². The maximum absolute atomic E-state index is 14.3. The third-order valence-electron chi connectivity index (χ3n) is 15.9. The Labute approximate surface area is 426 Å². The van der Waals surface area contributed by atoms with Crippen molar-refractivity contribution < 1.29 is 39.6 Å². The first-order valence-corrected chi connectivity index (χ1v) is 30.5. The fourth-order valence-corrected chi connectivity index (χ4v) is 11.4. The summed E-state index contributed by atoms with van der Waals surface area (Å²) in [7, 11) is 0. The van der Waals surface area contributed by atoms with E-state index in [4.69, 9.17) is 0 Å². The van der Waals surface area contributed by atoms with Gasteiger partial charge in [-0.1, -0.05) is 317 Å². The van der Waals surface area contributed by atoms with Crippen LogP contribution in [0, 0.1) is 10.8 Å². The zero-order valence-corrected chi connectivity index (χ0v) is 46.3. The van der Waals surface area contributed by atoms with Gasteiger partial charge in [-0.15, -0.1) is 0 Å². The average Bonchev–Trinajstić information content (AvgIpc) is 3.32. The number of Topliss-reactive ketones (excluding diaryl/α,β-unsaturated/α-hetero) is 1. The van der Waals surface area contributed by atoms with Gasteiger partial charge in [0, 0.05) is 6.42 Å². The van der Waals surface area contributed by atoms with Crippen molar-refractivity contribution in [2.75, 3.05) is 0 Å². The summed E-state index contributed by atoms with van der Waals surface area (Å²) in [6.45, 7) is 8.47. The zero-order valence-electron chi connectivity index (χ0n) is 46.3. The summed E-state index contributed by atoms with van der Waals surface area (Å²) in [5.74, 6) is -5.99. The topological polar surface area (TPSA) is 149 Å². The number of aliphatic carboxylic acids is 3. The molecule has 0 amide bonds. The molecule has 0 radical (unpaired) electrons. The van der Waals surface area contributed by atoms with E-state index in [-0.39, 0.29) is 32.1 Å². The van der Waals surface area contributed by atoms with E-state index in [2.05, 4.69) is 20.8 Å². The average molecular weight is 978 g/mol. The first-order valence-electron chi connectivity index (χ1n) is 30.5. The van der Waals surface area contributed by atoms with Crippen molar-refractivity contribution in [1.29, 1.82) is 0 Å². The van der Waals surface area contributed by atoms with Crippen molar-refractivity contribution in [3.05, 3.63) is 0 Å². The lowest BCUT2D eigenvalue weighted by Gasteiger charge is -2.50. The molecule has 8 heteroatoms. The molecule has 69 heavy (non-hydrogen) atoms. The Balaban J connectivity index is 5.85. The maximum atomic E-state index is 14.3. The van der Waals surface area contributed by atoms with Gasteiger partial charge in [0.25, 0.3) is 0 Å². The van der Waals surface area contributed by atoms with E-state index in [0.29, 0.717) is 32.1 Å². The van der Waals surface area contributed by atoms with Gasteiger partial charge in [-0.2, -0.15) is 0 Å². The summed E-state index contributed by atoms with van der Waals surface area (Å²) in [5.41, 5.74) is -8.45. The quantitative estimate of drug-likeness (QED) is 0.0348. The van der Waals surface area contributed by atoms with Gasteiger partial charge >= 0.3 is 17.9 Å². The smallest absolute Gasteiger partial charge is 0.338 e. The number of carbonyl (C=O) groups excluding carboxylic acids is 1. The number of hydrogen-bond acceptors (Lipinski definition) is 5. The van der Waals surface area contributed by atoms with Gasteiger partial charge in [-0.25, -0.2) is 4.79 Å². The van der Waals surface area contributed by atoms with E-state index < -0.39 is 46.5 Å². The fraction of sp³-hybridized carbons (Fsp3) is 0.934. The van der Waals surface area contributed by atoms with E-state index in [1.165, 1.54) is 173 Å². The molecule has 0 bridgehead atoms. The highest BCUT2D eigenvalue weighted by Crippen LogP contribution is 2.55. The molecule has 0 aromatic rings. The Morgan fingerprint density at radius 3 is 0.681 bits per heavy atom. The van der Waals surface area contributed by atoms with Gasteiger partial charge in [0.2, 0.25) is 5.60 Å². The number of carboxylic acids is 3. The van der Waals surface area contributed by atoms with Crippen molar-refractivity contribution in [3.63, 3.8) is 0 Å². The van der Waals surface area contributed by atoms with Crippen molar-refractivity contribution >= 4 is 23.7 Å². The summed E-state index contributed by atoms with van der Waals surface area (Å²) in [6, 6.07) is 0. The Morgan fingerprint density at radius 1 is 0.275 bits per heavy atom. The maximum Gasteiger partial charge on any atom is 0.338 e. The number of carboxylic acid groups (broad SMARTS) is 3. The van der Waals surface area contributed by atoms with Crippen molar-refractivity contribution in [2.24, 2.45) is 10.8 Å². The van der Waals surface area contributed by atoms with Gasteiger partial charge in [-0.05, 0) is 25.7 Å². The lowest BCUT2D eigenvalue weighted by molar-refractivity contribution is -0.224. The summed E-state index contributed by atoms with van der Waals surface area (Å²) in [4.78, 5) is 55.7. The summed E-state index contributed by atoms with van der Waals surface area (Å²) < 4.78 is 0. The second-order valence-corrected chi connectivity index (χ2v) is 21.9. The minimum absolute atomic E-state index is 0.185. The number of rotatable bonds is 56. The molecule has 8 nitrogen and oxygen atoms in total. The molecule has 0 aliphatic carbocycles. The fourth-order valence-electron chi connectivity index (χ4n) is 11.4. The van der Waals surface area contributed by atoms with Gasteiger partial charge < -0.3 is 20.4 Å². The number of carbonyl (C=O) groups is 4. The molecule has 0 heterocycles. The number of aliphatic hydroxyl groups is 1. The first-order chi connectivity index (χ1) is 33.5. The summed E-state index contributed by atoms with van der Waals surface area (Å²) in [6.07, 6.45) is 49.2. The number of ketones is 1. The van der Waals surface area contributed by atoms with Gasteiger partial charge in [0.1, 0.15) is 5.41 Å². The summed E-state index contributed by atoms with van der Waals surface area (Å²) >= 11 is 0. The normalized spacial score (nSPS) is 13.6. The number of unbranched alkanes of at least 4 members (excludes halogenated alkanes) is 42. The van der Waals surface area contributed by atoms with Crippen LogP contribution in [0.25, 0.3) is 0 Å². The molecule has 0 saturated heterocycles. The van der Waals surface area contributed by atoms with Crippen LogP contribution in [-0.2, 0) is 19.2 Å². The van der Waals surface area contributed by atoms with Crippen LogP contribution in [0.5, 0.6) is 0 Å². The van der Waals surface area contributed by atoms with Crippen LogP contribution in [0.1, 0.15) is 349 Å². The molecule has 0 rings (SSSR count). The monoisotopic (exact) mass is 977 g/mol. The Kier molecular flexibility index (Phi) is 44.6. The molecule has 0 aromatic carbocycles. The second-order valence-electron chi connectivity index (χ2n) is 21.9. The molecule has 0 aliphatic heterocycles. The predicted octanol–water partition coefficient (Wildman–Crippen LogP) is 19.1. The highest BCUT2D eigenvalue weighted by Gasteiger charge is 2.75. The van der Waals surface area contributed by atoms with Crippen LogP contribution in [0.2, 0.25) is 0 Å². The Bertz CT molecular complexity index is 1180. The Hall–Kier alpha value is -1.96. The van der Waals surface area contributed by atoms with Crippen LogP contribution in [0.3, 0.4) is 0 Å². The molecule has 0 spiro atoms. The Morgan fingerprint density at radius 2 is 0.493 bits per heavy atom. The van der Waals surface area contributed by atoms with E-state index >= 15 is 0 Å². The third-order valence-corrected chi connectivity index (χ3v) is 15.9. The molecule has 2 unspecified atom stereocenters. The molecule has 0 aromatic heterocycles. The summed E-state index contributed by atoms with van der Waals surface area (Å²) in [5, 5.41) is 46.5. The first kappa shape index (κ1) is 67.0. The molecular formula is C61H116O8. The zero-order chi connectivity index (χ0) is 51.2. The predicted molar refractivity (Wildman–Crippen MR) is 291 cm³/mol. The molecule has 4 N–H and O–H groups in total. The van der Waals surface area contributed by atoms with E-state index in [0.717, 1.165) is 77.0 Å². The minimum atomic E-state index is -3.33. The molecule has 0 saturated carbocycles. The van der Waals surface area contributed by atoms with Crippen LogP contribution >= 0.6 is 0 Å². The molecule has 0 fully saturated rings. The lowest BCUT2D eigenvalue weighted by atomic mass is 9.51. The van der Waals surface area contributed by atoms with Gasteiger partial charge in [-0.3, -0.25) is 14.4 Å². The van der Waals surface area contributed by atoms with Crippen LogP contribution in [-0.4, -0.2) is 49.7 Å². The molecular weight excluding hydrogens is 861 g/mol. The largest absolute Gasteiger partial charge is 0.481 e. The van der Waals surface area contributed by atoms with Gasteiger partial charge in [0.05, 0.1) is 0 Å². The van der Waals surface area contributed by atoms with E-state index in [9.17, 15) is 39.6 Å². The molecule has 408 valence electrons. The SMILES string of the molecule is CCCCCCCCCCCCCCCCCC(CCCCCCCCCCCCCCCCC)(C(=O)O)C(O)(C(=O)O)C(CCCCCCCCCCCCCCCCC)(C(=O)O)C(=O)CCC. The van der Waals surface area contributed by atoms with Crippen LogP contribution < -0.4 is 0 Å². The minimum Gasteiger partial charge on any atom is -0.481 e. The number of hydrogen-bond donors (Lipinski definition) is 4. The standard InChI is InChI=1S/C61H116O8/c1-5-9-12-15-18-21-24-27-30-33-36-39-42-45-48-52-59(56(63)64,53-49-46-43-40-37-34-31-28-25-22-19-16-13-10-6-2)61(69,58(67)68)60(57(65)66,55(62)51-8-4)54-50-47-44-41-38-35-32-29-26-23-20-17-14-11-7-3/h69H,5-54H2,1-4H3,(H,63,64)(H,65,66)(H,67,68). The highest BCUT2D eigenvalue weighted by molar-refractivity contribution is 6.10. The van der Waals surface area contributed by atoms with Crippen molar-refractivity contribution in [3.8, 4) is 0 Å². The van der Waals surface area contributed by atoms with E-state index in [1.54, 1.807) is 6.92 Å². The van der Waals surface area contributed by atoms with E-state index in [1.807, 2.05) is 0 Å². The van der Waals surface area contributed by atoms with Crippen LogP contribution in [0.4, 0.5) is 0 Å². The van der Waals surface area contributed by atoms with Crippen molar-refractivity contribution in [1.82, 2.24) is 0 Å². The van der Waals surface area contributed by atoms with Gasteiger partial charge in [0.15, 0.2) is 11.2 Å². The lowest BCUT2D eigenvalue weighted by Crippen LogP contribution is -2.72. The second kappa shape index (κ2) is 45.9. The molecule has 2 atom stereocenters. The molecule has 0 aliphatic rings.